The highest BCUT2D eigenvalue weighted by Gasteiger charge is 2.16. The average molecular weight is 250 g/mol. The highest BCUT2D eigenvalue weighted by molar-refractivity contribution is 7.99. The van der Waals surface area contributed by atoms with E-state index in [1.54, 1.807) is 11.8 Å². The van der Waals surface area contributed by atoms with Gasteiger partial charge in [-0.3, -0.25) is 0 Å². The van der Waals surface area contributed by atoms with Crippen molar-refractivity contribution in [3.63, 3.8) is 0 Å². The summed E-state index contributed by atoms with van der Waals surface area (Å²) in [7, 11) is 0. The second kappa shape index (κ2) is 6.53. The number of thioether (sulfide) groups is 1. The van der Waals surface area contributed by atoms with E-state index >= 15 is 0 Å². The summed E-state index contributed by atoms with van der Waals surface area (Å²) in [5.74, 6) is 0. The predicted molar refractivity (Wildman–Crippen MR) is 73.4 cm³/mol. The first-order chi connectivity index (χ1) is 8.12. The van der Waals surface area contributed by atoms with Crippen molar-refractivity contribution in [2.45, 2.75) is 25.1 Å². The van der Waals surface area contributed by atoms with Gasteiger partial charge in [0.05, 0.1) is 17.9 Å². The van der Waals surface area contributed by atoms with Gasteiger partial charge >= 0.3 is 0 Å². The van der Waals surface area contributed by atoms with Gasteiger partial charge in [-0.15, -0.1) is 0 Å². The molecule has 0 bridgehead atoms. The van der Waals surface area contributed by atoms with Crippen molar-refractivity contribution in [1.82, 2.24) is 0 Å². The Balaban J connectivity index is 2.87. The molecule has 0 aliphatic heterocycles. The van der Waals surface area contributed by atoms with Crippen molar-refractivity contribution in [3.05, 3.63) is 29.3 Å². The number of nitrogens with zero attached hydrogens (tertiary/aromatic N) is 1. The number of nitriles is 1. The van der Waals surface area contributed by atoms with Crippen LogP contribution in [-0.4, -0.2) is 29.3 Å². The van der Waals surface area contributed by atoms with Crippen molar-refractivity contribution < 1.29 is 5.11 Å². The van der Waals surface area contributed by atoms with Crippen molar-refractivity contribution in [2.75, 3.05) is 18.2 Å². The molecule has 0 heterocycles. The van der Waals surface area contributed by atoms with E-state index < -0.39 is 0 Å². The van der Waals surface area contributed by atoms with Gasteiger partial charge in [-0.25, -0.2) is 0 Å². The molecule has 3 nitrogen and oxygen atoms in total. The molecule has 0 saturated carbocycles. The molecular formula is C13H18N2OS. The minimum atomic E-state index is 0.115. The molecule has 0 radical (unpaired) electrons. The number of aliphatic hydroxyl groups is 1. The molecule has 0 fully saturated rings. The van der Waals surface area contributed by atoms with Gasteiger partial charge in [-0.05, 0) is 37.8 Å². The third kappa shape index (κ3) is 3.65. The molecule has 0 amide bonds. The fourth-order valence-electron chi connectivity index (χ4n) is 1.65. The number of hydrogen-bond acceptors (Lipinski definition) is 4. The third-order valence-electron chi connectivity index (χ3n) is 2.72. The molecule has 0 aliphatic rings. The molecule has 17 heavy (non-hydrogen) atoms. The molecule has 0 spiro atoms. The smallest absolute Gasteiger partial charge is 0.101 e. The van der Waals surface area contributed by atoms with Gasteiger partial charge in [-0.2, -0.15) is 17.0 Å². The molecule has 92 valence electrons. The number of anilines is 1. The van der Waals surface area contributed by atoms with Crippen molar-refractivity contribution in [1.29, 1.82) is 5.26 Å². The maximum atomic E-state index is 9.23. The van der Waals surface area contributed by atoms with Crippen LogP contribution in [0.1, 0.15) is 18.1 Å². The van der Waals surface area contributed by atoms with Crippen molar-refractivity contribution in [3.8, 4) is 6.07 Å². The van der Waals surface area contributed by atoms with E-state index in [9.17, 15) is 5.11 Å². The summed E-state index contributed by atoms with van der Waals surface area (Å²) in [5, 5.41) is 21.7. The average Bonchev–Trinajstić information content (AvgIpc) is 2.31. The Morgan fingerprint density at radius 3 is 2.76 bits per heavy atom. The molecule has 1 rings (SSSR count). The zero-order valence-electron chi connectivity index (χ0n) is 10.4. The molecule has 1 aromatic rings. The fraction of sp³-hybridized carbons (Fsp3) is 0.462. The van der Waals surface area contributed by atoms with Crippen LogP contribution in [0.5, 0.6) is 0 Å². The van der Waals surface area contributed by atoms with Gasteiger partial charge < -0.3 is 10.4 Å². The van der Waals surface area contributed by atoms with Crippen molar-refractivity contribution >= 4 is 17.4 Å². The number of benzene rings is 1. The van der Waals surface area contributed by atoms with E-state index in [-0.39, 0.29) is 17.9 Å². The van der Waals surface area contributed by atoms with Gasteiger partial charge in [0.2, 0.25) is 0 Å². The molecule has 2 N–H and O–H groups in total. The molecule has 4 heteroatoms. The van der Waals surface area contributed by atoms with E-state index in [1.807, 2.05) is 38.3 Å². The van der Waals surface area contributed by atoms with E-state index in [4.69, 9.17) is 5.26 Å². The van der Waals surface area contributed by atoms with Crippen LogP contribution in [0.4, 0.5) is 5.69 Å². The molecule has 0 saturated heterocycles. The van der Waals surface area contributed by atoms with Crippen molar-refractivity contribution in [2.24, 2.45) is 0 Å². The summed E-state index contributed by atoms with van der Waals surface area (Å²) in [5.41, 5.74) is 2.59. The molecule has 2 unspecified atom stereocenters. The number of hydrogen-bond donors (Lipinski definition) is 2. The lowest BCUT2D eigenvalue weighted by Crippen LogP contribution is -2.31. The van der Waals surface area contributed by atoms with E-state index in [0.29, 0.717) is 5.56 Å². The van der Waals surface area contributed by atoms with E-state index in [2.05, 4.69) is 11.4 Å². The molecule has 0 aliphatic carbocycles. The van der Waals surface area contributed by atoms with Crippen LogP contribution < -0.4 is 5.32 Å². The maximum absolute atomic E-state index is 9.23. The van der Waals surface area contributed by atoms with Gasteiger partial charge in [0, 0.05) is 11.3 Å². The Kier molecular flexibility index (Phi) is 5.33. The molecule has 2 atom stereocenters. The first-order valence-electron chi connectivity index (χ1n) is 5.53. The number of rotatable bonds is 5. The quantitative estimate of drug-likeness (QED) is 0.842. The fourth-order valence-corrected chi connectivity index (χ4v) is 2.28. The largest absolute Gasteiger partial charge is 0.395 e. The summed E-state index contributed by atoms with van der Waals surface area (Å²) in [4.78, 5) is 0. The van der Waals surface area contributed by atoms with Crippen LogP contribution in [0.2, 0.25) is 0 Å². The minimum absolute atomic E-state index is 0.115. The van der Waals surface area contributed by atoms with Crippen LogP contribution >= 0.6 is 11.8 Å². The lowest BCUT2D eigenvalue weighted by atomic mass is 10.1. The summed E-state index contributed by atoms with van der Waals surface area (Å²) >= 11 is 1.62. The lowest BCUT2D eigenvalue weighted by molar-refractivity contribution is 0.288. The Labute approximate surface area is 107 Å². The molecular weight excluding hydrogens is 232 g/mol. The molecule has 1 aromatic carbocycles. The topological polar surface area (TPSA) is 56.0 Å². The standard InChI is InChI=1S/C13H18N2OS/c1-9-4-5-11(7-14)12(6-9)15-10(2)13(8-16)17-3/h4-6,10,13,15-16H,8H2,1-3H3. The number of aliphatic hydroxyl groups excluding tert-OH is 1. The first-order valence-corrected chi connectivity index (χ1v) is 6.82. The Morgan fingerprint density at radius 2 is 2.24 bits per heavy atom. The monoisotopic (exact) mass is 250 g/mol. The Bertz CT molecular complexity index is 410. The normalized spacial score (nSPS) is 13.8. The molecule has 0 aromatic heterocycles. The van der Waals surface area contributed by atoms with Gasteiger partial charge in [-0.1, -0.05) is 6.07 Å². The van der Waals surface area contributed by atoms with Crippen LogP contribution in [0.3, 0.4) is 0 Å². The van der Waals surface area contributed by atoms with Gasteiger partial charge in [0.1, 0.15) is 6.07 Å². The Morgan fingerprint density at radius 1 is 1.53 bits per heavy atom. The third-order valence-corrected chi connectivity index (χ3v) is 3.88. The summed E-state index contributed by atoms with van der Waals surface area (Å²) in [6, 6.07) is 7.99. The SMILES string of the molecule is CSC(CO)C(C)Nc1cc(C)ccc1C#N. The van der Waals surface area contributed by atoms with Crippen LogP contribution in [0.15, 0.2) is 18.2 Å². The summed E-state index contributed by atoms with van der Waals surface area (Å²) in [6.45, 7) is 4.14. The van der Waals surface area contributed by atoms with E-state index in [0.717, 1.165) is 11.3 Å². The van der Waals surface area contributed by atoms with Crippen LogP contribution in [0, 0.1) is 18.3 Å². The van der Waals surface area contributed by atoms with Crippen LogP contribution in [0.25, 0.3) is 0 Å². The van der Waals surface area contributed by atoms with E-state index in [1.165, 1.54) is 0 Å². The zero-order chi connectivity index (χ0) is 12.8. The number of aryl methyl sites for hydroxylation is 1. The Hall–Kier alpha value is -1.18. The predicted octanol–water partition coefficient (Wildman–Crippen LogP) is 2.39. The summed E-state index contributed by atoms with van der Waals surface area (Å²) < 4.78 is 0. The highest BCUT2D eigenvalue weighted by atomic mass is 32.2. The first kappa shape index (κ1) is 13.9. The lowest BCUT2D eigenvalue weighted by Gasteiger charge is -2.23. The zero-order valence-corrected chi connectivity index (χ0v) is 11.2. The maximum Gasteiger partial charge on any atom is 0.101 e. The summed E-state index contributed by atoms with van der Waals surface area (Å²) in [6.07, 6.45) is 1.97. The second-order valence-corrected chi connectivity index (χ2v) is 5.13. The second-order valence-electron chi connectivity index (χ2n) is 4.05. The van der Waals surface area contributed by atoms with Gasteiger partial charge in [0.15, 0.2) is 0 Å². The highest BCUT2D eigenvalue weighted by Crippen LogP contribution is 2.20. The van der Waals surface area contributed by atoms with Crippen LogP contribution in [-0.2, 0) is 0 Å². The number of nitrogens with one attached hydrogen (secondary N) is 1. The van der Waals surface area contributed by atoms with Gasteiger partial charge in [0.25, 0.3) is 0 Å². The minimum Gasteiger partial charge on any atom is -0.395 e.